The minimum absolute atomic E-state index is 0.0545. The number of hydrogen-bond donors (Lipinski definition) is 0. The molecule has 0 aliphatic carbocycles. The number of hydrazone groups is 1. The van der Waals surface area contributed by atoms with Gasteiger partial charge in [0.2, 0.25) is 10.0 Å². The predicted molar refractivity (Wildman–Crippen MR) is 116 cm³/mol. The lowest BCUT2D eigenvalue weighted by molar-refractivity contribution is -0.128. The summed E-state index contributed by atoms with van der Waals surface area (Å²) in [5, 5.41) is 5.22. The number of carbonyl (C=O) groups is 2. The molecular weight excluding hydrogens is 440 g/mol. The average molecular weight is 464 g/mol. The Balaban J connectivity index is 1.79. The molecule has 1 heterocycles. The average Bonchev–Trinajstić information content (AvgIpc) is 3.01. The van der Waals surface area contributed by atoms with Crippen molar-refractivity contribution in [3.63, 3.8) is 0 Å². The van der Waals surface area contributed by atoms with Crippen molar-refractivity contribution in [2.24, 2.45) is 11.0 Å². The van der Waals surface area contributed by atoms with E-state index in [0.717, 1.165) is 16.2 Å². The molecule has 1 aliphatic heterocycles. The van der Waals surface area contributed by atoms with E-state index in [9.17, 15) is 26.8 Å². The van der Waals surface area contributed by atoms with Crippen LogP contribution in [0.3, 0.4) is 0 Å². The van der Waals surface area contributed by atoms with Gasteiger partial charge in [-0.2, -0.15) is 10.1 Å². The molecule has 170 valence electrons. The maximum Gasteiger partial charge on any atom is 0.270 e. The number of Topliss-reactive ketones (excluding diaryl/α,β-unsaturated/α-hetero) is 1. The second kappa shape index (κ2) is 8.51. The highest BCUT2D eigenvalue weighted by molar-refractivity contribution is 7.89. The van der Waals surface area contributed by atoms with Crippen molar-refractivity contribution in [3.05, 3.63) is 59.7 Å². The van der Waals surface area contributed by atoms with E-state index in [0.29, 0.717) is 11.3 Å². The zero-order valence-corrected chi connectivity index (χ0v) is 18.9. The lowest BCUT2D eigenvalue weighted by Crippen LogP contribution is -2.33. The summed E-state index contributed by atoms with van der Waals surface area (Å²) < 4.78 is 52.6. The number of benzene rings is 2. The summed E-state index contributed by atoms with van der Waals surface area (Å²) >= 11 is 0. The van der Waals surface area contributed by atoms with E-state index in [1.54, 1.807) is 13.0 Å². The molecule has 1 amide bonds. The van der Waals surface area contributed by atoms with E-state index in [-0.39, 0.29) is 22.6 Å². The highest BCUT2D eigenvalue weighted by atomic mass is 32.2. The molecule has 0 radical (unpaired) electrons. The number of ketones is 1. The molecule has 2 aromatic rings. The van der Waals surface area contributed by atoms with Crippen LogP contribution in [-0.2, 0) is 32.0 Å². The van der Waals surface area contributed by atoms with Gasteiger partial charge in [-0.3, -0.25) is 9.59 Å². The fraction of sp³-hybridized carbons (Fsp3) is 0.318. The largest absolute Gasteiger partial charge is 0.298 e. The first kappa shape index (κ1) is 23.7. The fourth-order valence-corrected chi connectivity index (χ4v) is 4.25. The van der Waals surface area contributed by atoms with E-state index < -0.39 is 33.6 Å². The lowest BCUT2D eigenvalue weighted by atomic mass is 9.93. The van der Waals surface area contributed by atoms with E-state index in [4.69, 9.17) is 0 Å². The maximum atomic E-state index is 13.6. The molecule has 0 saturated carbocycles. The van der Waals surface area contributed by atoms with E-state index in [1.165, 1.54) is 56.6 Å². The van der Waals surface area contributed by atoms with Gasteiger partial charge >= 0.3 is 0 Å². The van der Waals surface area contributed by atoms with Crippen LogP contribution in [0.5, 0.6) is 0 Å². The van der Waals surface area contributed by atoms with Crippen LogP contribution in [0.4, 0.5) is 14.5 Å². The Kier molecular flexibility index (Phi) is 6.30. The molecule has 2 aromatic carbocycles. The maximum absolute atomic E-state index is 13.6. The highest BCUT2D eigenvalue weighted by Gasteiger charge is 2.39. The van der Waals surface area contributed by atoms with E-state index in [1.807, 2.05) is 0 Å². The smallest absolute Gasteiger partial charge is 0.270 e. The molecule has 0 saturated heterocycles. The quantitative estimate of drug-likeness (QED) is 0.590. The number of halogens is 2. The molecule has 7 nitrogen and oxygen atoms in total. The summed E-state index contributed by atoms with van der Waals surface area (Å²) in [6.45, 7) is 2.32. The molecule has 0 spiro atoms. The Morgan fingerprint density at radius 1 is 1.16 bits per heavy atom. The minimum atomic E-state index is -3.63. The van der Waals surface area contributed by atoms with E-state index in [2.05, 4.69) is 5.10 Å². The first-order chi connectivity index (χ1) is 14.8. The Morgan fingerprint density at radius 3 is 2.34 bits per heavy atom. The second-order valence-electron chi connectivity index (χ2n) is 7.84. The van der Waals surface area contributed by atoms with Crippen LogP contribution in [0.25, 0.3) is 0 Å². The molecule has 0 aromatic heterocycles. The first-order valence-electron chi connectivity index (χ1n) is 9.74. The van der Waals surface area contributed by atoms with Crippen LogP contribution in [0.1, 0.15) is 25.0 Å². The summed E-state index contributed by atoms with van der Waals surface area (Å²) in [4.78, 5) is 25.8. The number of nitrogens with zero attached hydrogens (tertiary/aromatic N) is 3. The summed E-state index contributed by atoms with van der Waals surface area (Å²) in [6, 6.07) is 11.1. The number of anilines is 1. The van der Waals surface area contributed by atoms with Crippen LogP contribution < -0.4 is 5.01 Å². The third kappa shape index (κ3) is 4.61. The lowest BCUT2D eigenvalue weighted by Gasteiger charge is -2.16. The molecule has 0 bridgehead atoms. The number of amides is 1. The van der Waals surface area contributed by atoms with Crippen LogP contribution >= 0.6 is 0 Å². The van der Waals surface area contributed by atoms with Crippen molar-refractivity contribution >= 4 is 33.1 Å². The zero-order chi connectivity index (χ0) is 23.8. The van der Waals surface area contributed by atoms with Crippen LogP contribution in [0.15, 0.2) is 58.5 Å². The Labute approximate surface area is 185 Å². The van der Waals surface area contributed by atoms with Gasteiger partial charge in [-0.25, -0.2) is 21.5 Å². The number of alkyl halides is 2. The molecule has 0 fully saturated rings. The van der Waals surface area contributed by atoms with Gasteiger partial charge in [0.15, 0.2) is 5.78 Å². The Morgan fingerprint density at radius 2 is 1.78 bits per heavy atom. The molecule has 1 unspecified atom stereocenters. The van der Waals surface area contributed by atoms with Gasteiger partial charge in [0.25, 0.3) is 11.8 Å². The number of carbonyl (C=O) groups excluding carboxylic acids is 2. The third-order valence-corrected chi connectivity index (χ3v) is 6.95. The molecule has 3 rings (SSSR count). The van der Waals surface area contributed by atoms with Gasteiger partial charge in [0, 0.05) is 33.0 Å². The second-order valence-corrected chi connectivity index (χ2v) is 9.99. The van der Waals surface area contributed by atoms with Crippen LogP contribution in [0.2, 0.25) is 0 Å². The molecule has 32 heavy (non-hydrogen) atoms. The monoisotopic (exact) mass is 463 g/mol. The minimum Gasteiger partial charge on any atom is -0.298 e. The van der Waals surface area contributed by atoms with Crippen molar-refractivity contribution in [1.29, 1.82) is 0 Å². The highest BCUT2D eigenvalue weighted by Crippen LogP contribution is 2.29. The topological polar surface area (TPSA) is 87.1 Å². The first-order valence-corrected chi connectivity index (χ1v) is 11.2. The van der Waals surface area contributed by atoms with Gasteiger partial charge < -0.3 is 0 Å². The van der Waals surface area contributed by atoms with Crippen molar-refractivity contribution < 1.29 is 26.8 Å². The summed E-state index contributed by atoms with van der Waals surface area (Å²) in [6.07, 6.45) is -0.193. The Bertz CT molecular complexity index is 1190. The number of sulfonamides is 1. The van der Waals surface area contributed by atoms with Gasteiger partial charge in [-0.15, -0.1) is 0 Å². The van der Waals surface area contributed by atoms with Crippen LogP contribution in [-0.4, -0.2) is 44.2 Å². The van der Waals surface area contributed by atoms with Crippen molar-refractivity contribution in [1.82, 2.24) is 4.31 Å². The van der Waals surface area contributed by atoms with Crippen molar-refractivity contribution in [2.75, 3.05) is 19.1 Å². The van der Waals surface area contributed by atoms with Gasteiger partial charge in [0.05, 0.1) is 16.3 Å². The molecular formula is C22H23F2N3O4S. The molecule has 10 heteroatoms. The van der Waals surface area contributed by atoms with Gasteiger partial charge in [-0.05, 0) is 42.8 Å². The SMILES string of the molecule is CC1=NN(c2ccc(S(=O)(=O)N(C)C)cc2)C(=O)C1C(=O)Cc1cccc(C(C)(F)F)c1. The Hall–Kier alpha value is -2.98. The van der Waals surface area contributed by atoms with Gasteiger partial charge in [-0.1, -0.05) is 18.2 Å². The molecule has 0 N–H and O–H groups in total. The summed E-state index contributed by atoms with van der Waals surface area (Å²) in [5.41, 5.74) is 0.767. The standard InChI is InChI=1S/C22H23F2N3O4S/c1-14-20(19(28)13-15-6-5-7-16(12-15)22(2,23)24)21(29)27(25-14)17-8-10-18(11-9-17)32(30,31)26(3)4/h5-12,20H,13H2,1-4H3. The fourth-order valence-electron chi connectivity index (χ4n) is 3.35. The van der Waals surface area contributed by atoms with Crippen molar-refractivity contribution in [3.8, 4) is 0 Å². The van der Waals surface area contributed by atoms with Gasteiger partial charge in [0.1, 0.15) is 5.92 Å². The predicted octanol–water partition coefficient (Wildman–Crippen LogP) is 3.20. The normalized spacial score (nSPS) is 17.1. The molecule has 1 aliphatic rings. The molecule has 1 atom stereocenters. The summed E-state index contributed by atoms with van der Waals surface area (Å²) in [5.74, 6) is -5.20. The zero-order valence-electron chi connectivity index (χ0n) is 18.0. The van der Waals surface area contributed by atoms with Crippen LogP contribution in [0, 0.1) is 5.92 Å². The van der Waals surface area contributed by atoms with Crippen molar-refractivity contribution in [2.45, 2.75) is 31.1 Å². The third-order valence-electron chi connectivity index (χ3n) is 5.13. The number of hydrogen-bond acceptors (Lipinski definition) is 5. The van der Waals surface area contributed by atoms with E-state index >= 15 is 0 Å². The number of rotatable bonds is 7. The summed E-state index contributed by atoms with van der Waals surface area (Å²) in [7, 11) is -0.806.